The topological polar surface area (TPSA) is 104 Å². The number of aliphatic carboxylic acids is 2. The van der Waals surface area contributed by atoms with Gasteiger partial charge in [-0.05, 0) is 24.7 Å². The van der Waals surface area contributed by atoms with Crippen LogP contribution in [0.15, 0.2) is 0 Å². The molecule has 25 heavy (non-hydrogen) atoms. The number of rotatable bonds is 4. The van der Waals surface area contributed by atoms with Gasteiger partial charge in [-0.1, -0.05) is 20.8 Å². The van der Waals surface area contributed by atoms with Gasteiger partial charge in [-0.15, -0.1) is 0 Å². The van der Waals surface area contributed by atoms with Gasteiger partial charge < -0.3 is 24.7 Å². The first-order valence-electron chi connectivity index (χ1n) is 7.93. The summed E-state index contributed by atoms with van der Waals surface area (Å²) in [5, 5.41) is 22.3. The molecule has 0 spiro atoms. The molecule has 3 aliphatic rings. The fraction of sp³-hybridized carbons (Fsp3) is 0.812. The minimum atomic E-state index is -1.33. The standard InChI is InChI=1S/C16H24N2O5.2Na/c1-14-6-15(2)8-16(3,7-14)13(23)18(5-11(21)22)12(15)17(9-14)4-10(19)20;;/h12H,4-9H2,1-3H3,(H,19,20)(H,21,22);;/q;2*+1/p-2/t12-,14+,15+,16+;;/m1../s1. The first-order valence-corrected chi connectivity index (χ1v) is 7.93. The van der Waals surface area contributed by atoms with Crippen LogP contribution in [0.2, 0.25) is 0 Å². The van der Waals surface area contributed by atoms with Crippen LogP contribution in [-0.2, 0) is 14.4 Å². The van der Waals surface area contributed by atoms with Crippen LogP contribution in [0.3, 0.4) is 0 Å². The van der Waals surface area contributed by atoms with Gasteiger partial charge in [0.1, 0.15) is 0 Å². The summed E-state index contributed by atoms with van der Waals surface area (Å²) in [6.07, 6.45) is 1.59. The van der Waals surface area contributed by atoms with E-state index in [1.54, 1.807) is 4.90 Å². The molecule has 9 heteroatoms. The van der Waals surface area contributed by atoms with E-state index in [0.717, 1.165) is 6.42 Å². The quantitative estimate of drug-likeness (QED) is 0.457. The smallest absolute Gasteiger partial charge is 0.549 e. The number of carbonyl (C=O) groups excluding carboxylic acids is 3. The molecule has 1 saturated carbocycles. The van der Waals surface area contributed by atoms with Crippen LogP contribution in [0.4, 0.5) is 0 Å². The predicted octanol–water partition coefficient (Wildman–Crippen LogP) is -7.82. The average Bonchev–Trinajstić information content (AvgIpc) is 2.30. The van der Waals surface area contributed by atoms with Crippen LogP contribution in [0.5, 0.6) is 0 Å². The van der Waals surface area contributed by atoms with Crippen LogP contribution in [-0.4, -0.2) is 53.4 Å². The molecule has 0 N–H and O–H groups in total. The Kier molecular flexibility index (Phi) is 6.94. The average molecular weight is 368 g/mol. The number of amides is 1. The van der Waals surface area contributed by atoms with Crippen molar-refractivity contribution in [1.82, 2.24) is 9.80 Å². The normalized spacial score (nSPS) is 39.4. The number of carbonyl (C=O) groups is 3. The van der Waals surface area contributed by atoms with Gasteiger partial charge in [-0.2, -0.15) is 0 Å². The van der Waals surface area contributed by atoms with Gasteiger partial charge >= 0.3 is 59.1 Å². The summed E-state index contributed by atoms with van der Waals surface area (Å²) in [7, 11) is 0. The number of hydrogen-bond donors (Lipinski definition) is 0. The molecule has 0 aromatic carbocycles. The van der Waals surface area contributed by atoms with Gasteiger partial charge in [0.25, 0.3) is 0 Å². The molecule has 1 aliphatic carbocycles. The largest absolute Gasteiger partial charge is 1.00 e. The Balaban J connectivity index is 0.00000156. The maximum Gasteiger partial charge on any atom is 1.00 e. The summed E-state index contributed by atoms with van der Waals surface area (Å²) < 4.78 is 0. The second-order valence-electron chi connectivity index (χ2n) is 8.51. The van der Waals surface area contributed by atoms with Crippen LogP contribution in [0.25, 0.3) is 0 Å². The van der Waals surface area contributed by atoms with E-state index in [0.29, 0.717) is 19.4 Å². The number of carboxylic acid groups (broad SMARTS) is 2. The van der Waals surface area contributed by atoms with E-state index in [1.165, 1.54) is 4.90 Å². The third-order valence-electron chi connectivity index (χ3n) is 5.70. The van der Waals surface area contributed by atoms with E-state index in [2.05, 4.69) is 6.92 Å². The molecule has 3 bridgehead atoms. The van der Waals surface area contributed by atoms with E-state index < -0.39 is 30.1 Å². The Labute approximate surface area is 192 Å². The summed E-state index contributed by atoms with van der Waals surface area (Å²) in [5.41, 5.74) is -1.09. The molecule has 0 radical (unpaired) electrons. The van der Waals surface area contributed by atoms with Crippen molar-refractivity contribution in [2.45, 2.75) is 46.2 Å². The Morgan fingerprint density at radius 3 is 2.12 bits per heavy atom. The van der Waals surface area contributed by atoms with Crippen LogP contribution >= 0.6 is 0 Å². The summed E-state index contributed by atoms with van der Waals surface area (Å²) in [5.74, 6) is -2.75. The van der Waals surface area contributed by atoms with E-state index in [1.807, 2.05) is 13.8 Å². The van der Waals surface area contributed by atoms with Crippen molar-refractivity contribution in [3.63, 3.8) is 0 Å². The Bertz CT molecular complexity index is 599. The Hall–Kier alpha value is 0.370. The Morgan fingerprint density at radius 1 is 1.04 bits per heavy atom. The van der Waals surface area contributed by atoms with Crippen molar-refractivity contribution in [1.29, 1.82) is 0 Å². The number of hydrogen-bond acceptors (Lipinski definition) is 6. The van der Waals surface area contributed by atoms with Gasteiger partial charge in [0.15, 0.2) is 0 Å². The summed E-state index contributed by atoms with van der Waals surface area (Å²) in [4.78, 5) is 38.3. The second kappa shape index (κ2) is 7.41. The molecule has 7 nitrogen and oxygen atoms in total. The van der Waals surface area contributed by atoms with Crippen molar-refractivity contribution in [3.05, 3.63) is 0 Å². The molecule has 128 valence electrons. The number of fused-ring (bicyclic) bond motifs is 2. The molecule has 1 amide bonds. The molecule has 4 atom stereocenters. The molecular weight excluding hydrogens is 346 g/mol. The van der Waals surface area contributed by atoms with Crippen LogP contribution in [0.1, 0.15) is 40.0 Å². The zero-order valence-corrected chi connectivity index (χ0v) is 19.8. The van der Waals surface area contributed by atoms with Gasteiger partial charge in [-0.25, -0.2) is 0 Å². The van der Waals surface area contributed by atoms with E-state index in [4.69, 9.17) is 0 Å². The van der Waals surface area contributed by atoms with Gasteiger partial charge in [0.2, 0.25) is 5.91 Å². The number of nitrogens with zero attached hydrogens (tertiary/aromatic N) is 2. The second-order valence-corrected chi connectivity index (χ2v) is 8.51. The van der Waals surface area contributed by atoms with Crippen molar-refractivity contribution in [3.8, 4) is 0 Å². The third kappa shape index (κ3) is 3.98. The van der Waals surface area contributed by atoms with E-state index in [-0.39, 0.29) is 82.4 Å². The summed E-state index contributed by atoms with van der Waals surface area (Å²) >= 11 is 0. The van der Waals surface area contributed by atoms with Crippen LogP contribution < -0.4 is 69.3 Å². The van der Waals surface area contributed by atoms with Gasteiger partial charge in [0, 0.05) is 23.9 Å². The molecule has 3 rings (SSSR count). The molecule has 0 unspecified atom stereocenters. The van der Waals surface area contributed by atoms with E-state index in [9.17, 15) is 24.6 Å². The minimum Gasteiger partial charge on any atom is -0.549 e. The molecule has 2 aliphatic heterocycles. The summed E-state index contributed by atoms with van der Waals surface area (Å²) in [6, 6.07) is 0. The SMILES string of the molecule is C[C@@]12CN(CC(=O)[O-])[C@@H]3N(CC(=O)[O-])C(=O)[C@@](C)(C1)C[C@]3(C)C2.[Na+].[Na+]. The Morgan fingerprint density at radius 2 is 1.60 bits per heavy atom. The van der Waals surface area contributed by atoms with Crippen molar-refractivity contribution in [2.75, 3.05) is 19.6 Å². The predicted molar refractivity (Wildman–Crippen MR) is 75.3 cm³/mol. The van der Waals surface area contributed by atoms with Gasteiger partial charge in [-0.3, -0.25) is 9.69 Å². The van der Waals surface area contributed by atoms with Gasteiger partial charge in [0.05, 0.1) is 24.6 Å². The number of carboxylic acids is 2. The fourth-order valence-electron chi connectivity index (χ4n) is 6.10. The molecule has 2 heterocycles. The maximum atomic E-state index is 12.9. The van der Waals surface area contributed by atoms with Crippen LogP contribution in [0, 0.1) is 16.2 Å². The van der Waals surface area contributed by atoms with Crippen molar-refractivity contribution >= 4 is 17.8 Å². The maximum absolute atomic E-state index is 12.9. The first kappa shape index (κ1) is 23.4. The van der Waals surface area contributed by atoms with Crippen molar-refractivity contribution in [2.24, 2.45) is 16.2 Å². The number of likely N-dealkylation sites (tertiary alicyclic amines) is 2. The first-order chi connectivity index (χ1) is 10.5. The molecular formula is C16H22N2Na2O5. The number of piperidine rings is 2. The molecule has 3 fully saturated rings. The molecule has 0 aromatic rings. The van der Waals surface area contributed by atoms with E-state index >= 15 is 0 Å². The third-order valence-corrected chi connectivity index (χ3v) is 5.70. The van der Waals surface area contributed by atoms with Crippen molar-refractivity contribution < 1.29 is 83.7 Å². The minimum absolute atomic E-state index is 0. The molecule has 2 saturated heterocycles. The zero-order chi connectivity index (χ0) is 17.2. The molecule has 0 aromatic heterocycles. The zero-order valence-electron chi connectivity index (χ0n) is 15.8. The fourth-order valence-corrected chi connectivity index (χ4v) is 6.10. The summed E-state index contributed by atoms with van der Waals surface area (Å²) in [6.45, 7) is 5.73. The monoisotopic (exact) mass is 368 g/mol.